The standard InChI is InChI=1S/C21H37B/c1-4-7-9-11-13-18-15-19(14-12-10-8-5-2)17-20(16-18)21(22)6-3/h15-17,21H,4-14,22H2,1-3H3. The van der Waals surface area contributed by atoms with Crippen molar-refractivity contribution in [1.29, 1.82) is 0 Å². The number of benzene rings is 1. The van der Waals surface area contributed by atoms with Gasteiger partial charge in [-0.05, 0) is 42.6 Å². The van der Waals surface area contributed by atoms with Crippen molar-refractivity contribution in [2.75, 3.05) is 0 Å². The molecule has 0 radical (unpaired) electrons. The first-order valence-electron chi connectivity index (χ1n) is 9.83. The van der Waals surface area contributed by atoms with Gasteiger partial charge in [-0.3, -0.25) is 0 Å². The van der Waals surface area contributed by atoms with Crippen molar-refractivity contribution in [3.63, 3.8) is 0 Å². The molecule has 0 N–H and O–H groups in total. The van der Waals surface area contributed by atoms with E-state index in [9.17, 15) is 0 Å². The molecule has 0 spiro atoms. The summed E-state index contributed by atoms with van der Waals surface area (Å²) in [5, 5.41) is 0. The summed E-state index contributed by atoms with van der Waals surface area (Å²) in [5.41, 5.74) is 4.74. The normalized spacial score (nSPS) is 12.5. The molecule has 1 aromatic carbocycles. The first-order valence-corrected chi connectivity index (χ1v) is 9.83. The largest absolute Gasteiger partial charge is 0.111 e. The molecule has 0 amide bonds. The van der Waals surface area contributed by atoms with Gasteiger partial charge in [-0.25, -0.2) is 0 Å². The highest BCUT2D eigenvalue weighted by Crippen LogP contribution is 2.22. The predicted molar refractivity (Wildman–Crippen MR) is 104 cm³/mol. The molecule has 0 bridgehead atoms. The van der Waals surface area contributed by atoms with Crippen molar-refractivity contribution >= 4 is 7.85 Å². The lowest BCUT2D eigenvalue weighted by molar-refractivity contribution is 0.660. The Bertz CT molecular complexity index is 367. The Kier molecular flexibility index (Phi) is 10.4. The van der Waals surface area contributed by atoms with E-state index < -0.39 is 0 Å². The second-order valence-corrected chi connectivity index (χ2v) is 7.01. The molecule has 1 aromatic rings. The van der Waals surface area contributed by atoms with Crippen LogP contribution in [0.1, 0.15) is 101 Å². The SMILES string of the molecule is BC(CC)c1cc(CCCCCC)cc(CCCCCC)c1. The number of hydrogen-bond donors (Lipinski definition) is 0. The lowest BCUT2D eigenvalue weighted by atomic mass is 9.77. The van der Waals surface area contributed by atoms with E-state index in [-0.39, 0.29) is 0 Å². The third-order valence-corrected chi connectivity index (χ3v) is 4.89. The molecule has 124 valence electrons. The van der Waals surface area contributed by atoms with Gasteiger partial charge in [0, 0.05) is 0 Å². The van der Waals surface area contributed by atoms with E-state index in [2.05, 4.69) is 46.8 Å². The molecule has 1 unspecified atom stereocenters. The van der Waals surface area contributed by atoms with Crippen LogP contribution in [0.2, 0.25) is 0 Å². The first kappa shape index (κ1) is 19.3. The van der Waals surface area contributed by atoms with Gasteiger partial charge in [-0.2, -0.15) is 0 Å². The average molecular weight is 300 g/mol. The van der Waals surface area contributed by atoms with E-state index in [0.29, 0.717) is 5.82 Å². The van der Waals surface area contributed by atoms with Crippen molar-refractivity contribution in [2.24, 2.45) is 0 Å². The summed E-state index contributed by atoms with van der Waals surface area (Å²) in [6.07, 6.45) is 14.7. The minimum absolute atomic E-state index is 0.699. The van der Waals surface area contributed by atoms with Gasteiger partial charge in [-0.1, -0.05) is 89.5 Å². The number of rotatable bonds is 12. The molecule has 0 nitrogen and oxygen atoms in total. The monoisotopic (exact) mass is 300 g/mol. The molecule has 1 atom stereocenters. The molecule has 1 rings (SSSR count). The van der Waals surface area contributed by atoms with Gasteiger partial charge in [-0.15, -0.1) is 0 Å². The zero-order chi connectivity index (χ0) is 16.2. The smallest absolute Gasteiger partial charge is 0.0655 e. The van der Waals surface area contributed by atoms with E-state index in [1.165, 1.54) is 70.6 Å². The van der Waals surface area contributed by atoms with E-state index in [1.807, 2.05) is 0 Å². The van der Waals surface area contributed by atoms with Gasteiger partial charge in [0.2, 0.25) is 0 Å². The highest BCUT2D eigenvalue weighted by molar-refractivity contribution is 6.12. The number of hydrogen-bond acceptors (Lipinski definition) is 0. The predicted octanol–water partition coefficient (Wildman–Crippen LogP) is 6.02. The lowest BCUT2D eigenvalue weighted by Crippen LogP contribution is -2.00. The molecule has 0 aliphatic carbocycles. The minimum atomic E-state index is 0.699. The van der Waals surface area contributed by atoms with Crippen LogP contribution in [0.15, 0.2) is 18.2 Å². The maximum absolute atomic E-state index is 2.49. The van der Waals surface area contributed by atoms with Gasteiger partial charge in [0.05, 0.1) is 0 Å². The van der Waals surface area contributed by atoms with E-state index >= 15 is 0 Å². The Morgan fingerprint density at radius 3 is 1.64 bits per heavy atom. The zero-order valence-corrected chi connectivity index (χ0v) is 15.6. The molecule has 0 aromatic heterocycles. The Morgan fingerprint density at radius 2 is 1.23 bits per heavy atom. The van der Waals surface area contributed by atoms with Crippen molar-refractivity contribution < 1.29 is 0 Å². The van der Waals surface area contributed by atoms with Crippen LogP contribution in [0.5, 0.6) is 0 Å². The van der Waals surface area contributed by atoms with E-state index in [0.717, 1.165) is 0 Å². The molecule has 0 saturated carbocycles. The average Bonchev–Trinajstić information content (AvgIpc) is 2.54. The fraction of sp³-hybridized carbons (Fsp3) is 0.714. The molecule has 0 heterocycles. The van der Waals surface area contributed by atoms with Crippen LogP contribution >= 0.6 is 0 Å². The second kappa shape index (κ2) is 11.8. The minimum Gasteiger partial charge on any atom is -0.0655 e. The molecule has 22 heavy (non-hydrogen) atoms. The van der Waals surface area contributed by atoms with Gasteiger partial charge in [0.1, 0.15) is 7.85 Å². The molecular weight excluding hydrogens is 263 g/mol. The molecule has 0 fully saturated rings. The summed E-state index contributed by atoms with van der Waals surface area (Å²) < 4.78 is 0. The second-order valence-electron chi connectivity index (χ2n) is 7.01. The van der Waals surface area contributed by atoms with Gasteiger partial charge in [0.25, 0.3) is 0 Å². The quantitative estimate of drug-likeness (QED) is 0.327. The zero-order valence-electron chi connectivity index (χ0n) is 15.6. The lowest BCUT2D eigenvalue weighted by Gasteiger charge is -2.14. The summed E-state index contributed by atoms with van der Waals surface area (Å²) in [4.78, 5) is 0. The Balaban J connectivity index is 2.68. The topological polar surface area (TPSA) is 0 Å². The Hall–Kier alpha value is -0.715. The maximum Gasteiger partial charge on any atom is 0.111 e. The maximum atomic E-state index is 2.49. The van der Waals surface area contributed by atoms with Gasteiger partial charge >= 0.3 is 0 Å². The molecular formula is C21H37B. The summed E-state index contributed by atoms with van der Waals surface area (Å²) >= 11 is 0. The Morgan fingerprint density at radius 1 is 0.727 bits per heavy atom. The third kappa shape index (κ3) is 7.52. The van der Waals surface area contributed by atoms with Crippen LogP contribution in [0.25, 0.3) is 0 Å². The van der Waals surface area contributed by atoms with Crippen molar-refractivity contribution in [1.82, 2.24) is 0 Å². The van der Waals surface area contributed by atoms with E-state index in [4.69, 9.17) is 0 Å². The molecule has 0 saturated heterocycles. The van der Waals surface area contributed by atoms with Crippen LogP contribution in [-0.2, 0) is 12.8 Å². The molecule has 1 heteroatoms. The van der Waals surface area contributed by atoms with Crippen LogP contribution in [0, 0.1) is 0 Å². The summed E-state index contributed by atoms with van der Waals surface area (Å²) in [7, 11) is 2.37. The first-order chi connectivity index (χ1) is 10.7. The fourth-order valence-electron chi connectivity index (χ4n) is 3.11. The highest BCUT2D eigenvalue weighted by atomic mass is 14.1. The van der Waals surface area contributed by atoms with Crippen LogP contribution < -0.4 is 0 Å². The van der Waals surface area contributed by atoms with Crippen molar-refractivity contribution in [2.45, 2.75) is 97.2 Å². The highest BCUT2D eigenvalue weighted by Gasteiger charge is 2.07. The summed E-state index contributed by atoms with van der Waals surface area (Å²) in [5.74, 6) is 0.699. The van der Waals surface area contributed by atoms with Crippen LogP contribution in [0.4, 0.5) is 0 Å². The summed E-state index contributed by atoms with van der Waals surface area (Å²) in [6, 6.07) is 7.45. The van der Waals surface area contributed by atoms with Gasteiger partial charge < -0.3 is 0 Å². The third-order valence-electron chi connectivity index (χ3n) is 4.89. The van der Waals surface area contributed by atoms with Crippen LogP contribution in [0.3, 0.4) is 0 Å². The van der Waals surface area contributed by atoms with Crippen LogP contribution in [-0.4, -0.2) is 7.85 Å². The fourth-order valence-corrected chi connectivity index (χ4v) is 3.11. The number of unbranched alkanes of at least 4 members (excludes halogenated alkanes) is 6. The molecule has 0 aliphatic heterocycles. The number of aryl methyl sites for hydroxylation is 2. The van der Waals surface area contributed by atoms with Crippen molar-refractivity contribution in [3.05, 3.63) is 34.9 Å². The Labute approximate surface area is 140 Å². The van der Waals surface area contributed by atoms with Gasteiger partial charge in [0.15, 0.2) is 0 Å². The molecule has 0 aliphatic rings. The van der Waals surface area contributed by atoms with E-state index in [1.54, 1.807) is 16.7 Å². The van der Waals surface area contributed by atoms with Crippen molar-refractivity contribution in [3.8, 4) is 0 Å². The summed E-state index contributed by atoms with van der Waals surface area (Å²) in [6.45, 7) is 6.88.